The quantitative estimate of drug-likeness (QED) is 0.704. The Bertz CT molecular complexity index is 775. The number of benzene rings is 1. The first kappa shape index (κ1) is 18.0. The van der Waals surface area contributed by atoms with Crippen molar-refractivity contribution in [3.8, 4) is 0 Å². The molecule has 0 aliphatic carbocycles. The van der Waals surface area contributed by atoms with Crippen LogP contribution in [0.3, 0.4) is 0 Å². The van der Waals surface area contributed by atoms with Crippen molar-refractivity contribution in [1.29, 1.82) is 0 Å². The predicted molar refractivity (Wildman–Crippen MR) is 91.9 cm³/mol. The van der Waals surface area contributed by atoms with Crippen molar-refractivity contribution in [1.82, 2.24) is 0 Å². The van der Waals surface area contributed by atoms with Crippen LogP contribution < -0.4 is 5.32 Å². The van der Waals surface area contributed by atoms with E-state index in [1.54, 1.807) is 6.08 Å². The van der Waals surface area contributed by atoms with Crippen molar-refractivity contribution in [3.05, 3.63) is 70.4 Å². The summed E-state index contributed by atoms with van der Waals surface area (Å²) >= 11 is 1.46. The summed E-state index contributed by atoms with van der Waals surface area (Å²) < 4.78 is 38.0. The Morgan fingerprint density at radius 1 is 1.29 bits per heavy atom. The van der Waals surface area contributed by atoms with Crippen LogP contribution in [0, 0.1) is 0 Å². The third-order valence-electron chi connectivity index (χ3n) is 3.29. The molecule has 0 aliphatic heterocycles. The molecule has 24 heavy (non-hydrogen) atoms. The van der Waals surface area contributed by atoms with Crippen LogP contribution in [0.15, 0.2) is 55.1 Å². The minimum atomic E-state index is -4.43. The Labute approximate surface area is 142 Å². The number of nitrogens with one attached hydrogen (secondary N) is 1. The smallest absolute Gasteiger partial charge is 0.326 e. The molecule has 0 radical (unpaired) electrons. The van der Waals surface area contributed by atoms with Gasteiger partial charge in [-0.25, -0.2) is 0 Å². The minimum Gasteiger partial charge on any atom is -0.326 e. The van der Waals surface area contributed by atoms with Gasteiger partial charge in [-0.3, -0.25) is 4.79 Å². The number of hydrogen-bond acceptors (Lipinski definition) is 2. The van der Waals surface area contributed by atoms with Crippen molar-refractivity contribution < 1.29 is 18.0 Å². The second kappa shape index (κ2) is 7.49. The molecule has 0 unspecified atom stereocenters. The number of thiophene rings is 1. The van der Waals surface area contributed by atoms with E-state index in [1.807, 2.05) is 25.1 Å². The number of hydrogen-bond donors (Lipinski definition) is 1. The molecule has 2 nitrogen and oxygen atoms in total. The van der Waals surface area contributed by atoms with Gasteiger partial charge in [0.15, 0.2) is 0 Å². The highest BCUT2D eigenvalue weighted by Gasteiger charge is 2.30. The lowest BCUT2D eigenvalue weighted by Gasteiger charge is -2.09. The SMILES string of the molecule is C=C/C(=C\C)c1ccc(CC(=O)Nc2cccc(C(F)(F)F)c2)s1. The van der Waals surface area contributed by atoms with Gasteiger partial charge >= 0.3 is 6.18 Å². The van der Waals surface area contributed by atoms with E-state index in [0.29, 0.717) is 0 Å². The molecule has 0 saturated carbocycles. The van der Waals surface area contributed by atoms with Gasteiger partial charge in [0.2, 0.25) is 5.91 Å². The van der Waals surface area contributed by atoms with E-state index in [-0.39, 0.29) is 18.0 Å². The average molecular weight is 351 g/mol. The van der Waals surface area contributed by atoms with Crippen molar-refractivity contribution in [2.24, 2.45) is 0 Å². The molecule has 1 aromatic carbocycles. The van der Waals surface area contributed by atoms with Crippen LogP contribution in [0.25, 0.3) is 5.57 Å². The third-order valence-corrected chi connectivity index (χ3v) is 4.42. The first-order valence-corrected chi connectivity index (χ1v) is 8.00. The van der Waals surface area contributed by atoms with Crippen molar-refractivity contribution in [3.63, 3.8) is 0 Å². The molecule has 0 atom stereocenters. The van der Waals surface area contributed by atoms with E-state index in [9.17, 15) is 18.0 Å². The summed E-state index contributed by atoms with van der Waals surface area (Å²) in [6.45, 7) is 5.63. The van der Waals surface area contributed by atoms with Gasteiger partial charge in [0.1, 0.15) is 0 Å². The third kappa shape index (κ3) is 4.58. The van der Waals surface area contributed by atoms with E-state index < -0.39 is 11.7 Å². The van der Waals surface area contributed by atoms with Crippen LogP contribution in [-0.2, 0) is 17.4 Å². The van der Waals surface area contributed by atoms with Crippen LogP contribution >= 0.6 is 11.3 Å². The number of amides is 1. The maximum absolute atomic E-state index is 12.7. The topological polar surface area (TPSA) is 29.1 Å². The molecule has 0 bridgehead atoms. The summed E-state index contributed by atoms with van der Waals surface area (Å²) in [6, 6.07) is 8.32. The Balaban J connectivity index is 2.05. The molecule has 0 aliphatic rings. The molecular weight excluding hydrogens is 335 g/mol. The van der Waals surface area contributed by atoms with Gasteiger partial charge in [0.05, 0.1) is 12.0 Å². The second-order valence-corrected chi connectivity index (χ2v) is 6.19. The lowest BCUT2D eigenvalue weighted by molar-refractivity contribution is -0.137. The van der Waals surface area contributed by atoms with E-state index in [4.69, 9.17) is 0 Å². The molecule has 126 valence electrons. The van der Waals surface area contributed by atoms with Crippen LogP contribution in [0.1, 0.15) is 22.2 Å². The standard InChI is InChI=1S/C18H16F3NOS/c1-3-12(4-2)16-9-8-15(24-16)11-17(23)22-14-7-5-6-13(10-14)18(19,20)21/h3-10H,1,11H2,2H3,(H,22,23)/b12-4+. The molecular formula is C18H16F3NOS. The van der Waals surface area contributed by atoms with Crippen LogP contribution in [0.5, 0.6) is 0 Å². The second-order valence-electron chi connectivity index (χ2n) is 5.02. The molecule has 0 fully saturated rings. The summed E-state index contributed by atoms with van der Waals surface area (Å²) in [4.78, 5) is 13.9. The molecule has 1 aromatic heterocycles. The lowest BCUT2D eigenvalue weighted by Crippen LogP contribution is -2.14. The summed E-state index contributed by atoms with van der Waals surface area (Å²) in [5, 5.41) is 2.50. The monoisotopic (exact) mass is 351 g/mol. The van der Waals surface area contributed by atoms with Gasteiger partial charge in [-0.1, -0.05) is 24.8 Å². The van der Waals surface area contributed by atoms with E-state index in [1.165, 1.54) is 23.5 Å². The fourth-order valence-electron chi connectivity index (χ4n) is 2.13. The Kier molecular flexibility index (Phi) is 5.62. The fraction of sp³-hybridized carbons (Fsp3) is 0.167. The molecule has 2 aromatic rings. The number of halogens is 3. The summed E-state index contributed by atoms with van der Waals surface area (Å²) in [5.74, 6) is -0.358. The normalized spacial score (nSPS) is 12.1. The highest BCUT2D eigenvalue weighted by atomic mass is 32.1. The number of anilines is 1. The van der Waals surface area contributed by atoms with E-state index >= 15 is 0 Å². The largest absolute Gasteiger partial charge is 0.416 e. The van der Waals surface area contributed by atoms with Gasteiger partial charge in [0, 0.05) is 15.4 Å². The zero-order valence-electron chi connectivity index (χ0n) is 13.0. The molecule has 1 heterocycles. The number of allylic oxidation sites excluding steroid dienone is 3. The summed E-state index contributed by atoms with van der Waals surface area (Å²) in [5.41, 5.74) is 0.318. The van der Waals surface area contributed by atoms with Crippen molar-refractivity contribution >= 4 is 28.5 Å². The van der Waals surface area contributed by atoms with E-state index in [2.05, 4.69) is 11.9 Å². The van der Waals surface area contributed by atoms with Crippen LogP contribution in [0.2, 0.25) is 0 Å². The highest BCUT2D eigenvalue weighted by molar-refractivity contribution is 7.13. The van der Waals surface area contributed by atoms with Gasteiger partial charge in [0.25, 0.3) is 0 Å². The zero-order chi connectivity index (χ0) is 17.7. The van der Waals surface area contributed by atoms with Crippen LogP contribution in [-0.4, -0.2) is 5.91 Å². The van der Waals surface area contributed by atoms with Gasteiger partial charge < -0.3 is 5.32 Å². The van der Waals surface area contributed by atoms with Crippen molar-refractivity contribution in [2.75, 3.05) is 5.32 Å². The predicted octanol–water partition coefficient (Wildman–Crippen LogP) is 5.54. The molecule has 1 N–H and O–H groups in total. The summed E-state index contributed by atoms with van der Waals surface area (Å²) in [6.07, 6.45) is -0.671. The van der Waals surface area contributed by atoms with Crippen molar-refractivity contribution in [2.45, 2.75) is 19.5 Å². The Hall–Kier alpha value is -2.34. The lowest BCUT2D eigenvalue weighted by atomic mass is 10.2. The molecule has 2 rings (SSSR count). The van der Waals surface area contributed by atoms with Crippen LogP contribution in [0.4, 0.5) is 18.9 Å². The Morgan fingerprint density at radius 2 is 2.04 bits per heavy atom. The maximum Gasteiger partial charge on any atom is 0.416 e. The summed E-state index contributed by atoms with van der Waals surface area (Å²) in [7, 11) is 0. The number of carbonyl (C=O) groups is 1. The highest BCUT2D eigenvalue weighted by Crippen LogP contribution is 2.31. The zero-order valence-corrected chi connectivity index (χ0v) is 13.8. The molecule has 1 amide bonds. The van der Waals surface area contributed by atoms with Gasteiger partial charge in [-0.05, 0) is 42.8 Å². The average Bonchev–Trinajstić information content (AvgIpc) is 2.96. The number of carbonyl (C=O) groups excluding carboxylic acids is 1. The molecule has 0 spiro atoms. The fourth-order valence-corrected chi connectivity index (χ4v) is 3.20. The first-order chi connectivity index (χ1) is 11.3. The minimum absolute atomic E-state index is 0.106. The number of alkyl halides is 3. The Morgan fingerprint density at radius 3 is 2.67 bits per heavy atom. The molecule has 0 saturated heterocycles. The number of rotatable bonds is 5. The first-order valence-electron chi connectivity index (χ1n) is 7.18. The maximum atomic E-state index is 12.7. The van der Waals surface area contributed by atoms with E-state index in [0.717, 1.165) is 27.5 Å². The molecule has 6 heteroatoms. The van der Waals surface area contributed by atoms with Gasteiger partial charge in [-0.15, -0.1) is 11.3 Å². The van der Waals surface area contributed by atoms with Gasteiger partial charge in [-0.2, -0.15) is 13.2 Å².